The van der Waals surface area contributed by atoms with E-state index in [0.29, 0.717) is 36.9 Å². The number of urea groups is 1. The van der Waals surface area contributed by atoms with Crippen molar-refractivity contribution in [3.8, 4) is 0 Å². The number of aliphatic hydroxyl groups is 1. The van der Waals surface area contributed by atoms with Crippen molar-refractivity contribution < 1.29 is 36.6 Å². The van der Waals surface area contributed by atoms with E-state index in [1.165, 1.54) is 23.1 Å². The standard InChI is InChI=1S/C25H27ClF5N5O3/c26-16-2-4-19(20(11-16)35-9-7-34(8-10-35)6-5-25(29,30)31)33-23(38)18-3-1-15(21(27)22(18)28)12-32-24(39)36-13-17(37)14-36/h1-4,11,17,37H,5-10,12-14H2,(H,32,39)(H,33,38). The van der Waals surface area contributed by atoms with Crippen molar-refractivity contribution in [1.82, 2.24) is 15.1 Å². The fourth-order valence-electron chi connectivity index (χ4n) is 4.36. The minimum absolute atomic E-state index is 0.109. The van der Waals surface area contributed by atoms with Crippen LogP contribution in [-0.2, 0) is 6.54 Å². The topological polar surface area (TPSA) is 88.2 Å². The van der Waals surface area contributed by atoms with Gasteiger partial charge in [-0.05, 0) is 24.3 Å². The first-order valence-electron chi connectivity index (χ1n) is 12.2. The van der Waals surface area contributed by atoms with Crippen LogP contribution in [-0.4, -0.2) is 84.9 Å². The van der Waals surface area contributed by atoms with Gasteiger partial charge in [-0.3, -0.25) is 9.69 Å². The molecule has 2 aliphatic heterocycles. The molecule has 0 saturated carbocycles. The lowest BCUT2D eigenvalue weighted by Crippen LogP contribution is -2.56. The van der Waals surface area contributed by atoms with Gasteiger partial charge in [0, 0.05) is 49.9 Å². The highest BCUT2D eigenvalue weighted by atomic mass is 35.5. The molecule has 0 bridgehead atoms. The molecule has 39 heavy (non-hydrogen) atoms. The van der Waals surface area contributed by atoms with Crippen molar-refractivity contribution in [3.63, 3.8) is 0 Å². The average molecular weight is 576 g/mol. The second kappa shape index (κ2) is 11.9. The fraction of sp³-hybridized carbons (Fsp3) is 0.440. The Morgan fingerprint density at radius 1 is 1.03 bits per heavy atom. The number of benzene rings is 2. The van der Waals surface area contributed by atoms with Crippen molar-refractivity contribution in [2.45, 2.75) is 25.2 Å². The van der Waals surface area contributed by atoms with Gasteiger partial charge < -0.3 is 25.5 Å². The van der Waals surface area contributed by atoms with Gasteiger partial charge >= 0.3 is 12.2 Å². The molecular formula is C25H27ClF5N5O3. The van der Waals surface area contributed by atoms with Gasteiger partial charge in [-0.15, -0.1) is 0 Å². The molecule has 0 radical (unpaired) electrons. The minimum atomic E-state index is -4.24. The van der Waals surface area contributed by atoms with Crippen molar-refractivity contribution >= 4 is 34.9 Å². The number of anilines is 2. The van der Waals surface area contributed by atoms with E-state index in [9.17, 15) is 36.6 Å². The summed E-state index contributed by atoms with van der Waals surface area (Å²) in [6.45, 7) is 1.37. The summed E-state index contributed by atoms with van der Waals surface area (Å²) in [5.74, 6) is -3.57. The van der Waals surface area contributed by atoms with Gasteiger partial charge in [0.1, 0.15) is 0 Å². The zero-order valence-corrected chi connectivity index (χ0v) is 21.5. The number of hydrogen-bond donors (Lipinski definition) is 3. The Bertz CT molecular complexity index is 1220. The van der Waals surface area contributed by atoms with Crippen LogP contribution in [0.2, 0.25) is 5.02 Å². The lowest BCUT2D eigenvalue weighted by atomic mass is 10.1. The first-order chi connectivity index (χ1) is 18.4. The van der Waals surface area contributed by atoms with E-state index >= 15 is 0 Å². The average Bonchev–Trinajstić information content (AvgIpc) is 2.87. The number of carbonyl (C=O) groups is 2. The predicted molar refractivity (Wildman–Crippen MR) is 135 cm³/mol. The van der Waals surface area contributed by atoms with Crippen LogP contribution in [0.4, 0.5) is 38.1 Å². The first kappa shape index (κ1) is 28.8. The summed E-state index contributed by atoms with van der Waals surface area (Å²) in [7, 11) is 0. The van der Waals surface area contributed by atoms with Crippen molar-refractivity contribution in [2.75, 3.05) is 56.0 Å². The summed E-state index contributed by atoms with van der Waals surface area (Å²) in [6.07, 6.45) is -5.74. The molecular weight excluding hydrogens is 549 g/mol. The number of aliphatic hydroxyl groups excluding tert-OH is 1. The molecule has 212 valence electrons. The Hall–Kier alpha value is -3.16. The van der Waals surface area contributed by atoms with E-state index in [1.54, 1.807) is 11.0 Å². The number of nitrogens with zero attached hydrogens (tertiary/aromatic N) is 3. The van der Waals surface area contributed by atoms with E-state index in [4.69, 9.17) is 11.6 Å². The van der Waals surface area contributed by atoms with Gasteiger partial charge in [0.15, 0.2) is 11.6 Å². The Kier molecular flexibility index (Phi) is 8.82. The van der Waals surface area contributed by atoms with Gasteiger partial charge in [0.2, 0.25) is 0 Å². The molecule has 0 aliphatic carbocycles. The number of rotatable bonds is 7. The SMILES string of the molecule is O=C(Nc1ccc(Cl)cc1N1CCN(CCC(F)(F)F)CC1)c1ccc(CNC(=O)N2CC(O)C2)c(F)c1F. The Labute approximate surface area is 226 Å². The Morgan fingerprint density at radius 3 is 2.36 bits per heavy atom. The molecule has 3 N–H and O–H groups in total. The molecule has 0 aromatic heterocycles. The minimum Gasteiger partial charge on any atom is -0.389 e. The van der Waals surface area contributed by atoms with Crippen molar-refractivity contribution in [2.24, 2.45) is 0 Å². The van der Waals surface area contributed by atoms with Crippen LogP contribution in [0.5, 0.6) is 0 Å². The summed E-state index contributed by atoms with van der Waals surface area (Å²) < 4.78 is 67.2. The largest absolute Gasteiger partial charge is 0.390 e. The summed E-state index contributed by atoms with van der Waals surface area (Å²) in [4.78, 5) is 29.7. The lowest BCUT2D eigenvalue weighted by molar-refractivity contribution is -0.138. The molecule has 2 aromatic carbocycles. The third-order valence-electron chi connectivity index (χ3n) is 6.62. The van der Waals surface area contributed by atoms with Gasteiger partial charge in [0.05, 0.1) is 42.6 Å². The normalized spacial score (nSPS) is 16.7. The fourth-order valence-corrected chi connectivity index (χ4v) is 4.53. The number of likely N-dealkylation sites (tertiary alicyclic amines) is 1. The first-order valence-corrected chi connectivity index (χ1v) is 12.6. The van der Waals surface area contributed by atoms with Gasteiger partial charge in [-0.2, -0.15) is 13.2 Å². The van der Waals surface area contributed by atoms with E-state index in [1.807, 2.05) is 4.90 Å². The molecule has 0 atom stereocenters. The number of halogens is 6. The van der Waals surface area contributed by atoms with Gasteiger partial charge in [-0.1, -0.05) is 17.7 Å². The number of alkyl halides is 3. The lowest BCUT2D eigenvalue weighted by Gasteiger charge is -2.37. The molecule has 0 spiro atoms. The molecule has 2 aliphatic rings. The van der Waals surface area contributed by atoms with Crippen LogP contribution in [0.25, 0.3) is 0 Å². The van der Waals surface area contributed by atoms with Crippen molar-refractivity contribution in [3.05, 3.63) is 58.1 Å². The van der Waals surface area contributed by atoms with Crippen LogP contribution < -0.4 is 15.5 Å². The molecule has 0 unspecified atom stereocenters. The summed E-state index contributed by atoms with van der Waals surface area (Å²) in [6, 6.07) is 6.39. The van der Waals surface area contributed by atoms with Crippen molar-refractivity contribution in [1.29, 1.82) is 0 Å². The quantitative estimate of drug-likeness (QED) is 0.437. The number of β-amino-alcohol motifs (C(OH)–C–C–N with tert-alkyl or cyclic N) is 1. The maximum absolute atomic E-state index is 14.8. The number of nitrogens with one attached hydrogen (secondary N) is 2. The molecule has 8 nitrogen and oxygen atoms in total. The number of hydrogen-bond acceptors (Lipinski definition) is 5. The molecule has 4 rings (SSSR count). The molecule has 2 aromatic rings. The second-order valence-electron chi connectivity index (χ2n) is 9.43. The van der Waals surface area contributed by atoms with Crippen LogP contribution in [0.3, 0.4) is 0 Å². The van der Waals surface area contributed by atoms with E-state index in [0.717, 1.165) is 6.07 Å². The summed E-state index contributed by atoms with van der Waals surface area (Å²) in [5, 5.41) is 14.6. The zero-order valence-electron chi connectivity index (χ0n) is 20.7. The molecule has 2 heterocycles. The summed E-state index contributed by atoms with van der Waals surface area (Å²) in [5.41, 5.74) is 0.0732. The van der Waals surface area contributed by atoms with Gasteiger partial charge in [-0.25, -0.2) is 13.6 Å². The molecule has 2 saturated heterocycles. The highest BCUT2D eigenvalue weighted by Crippen LogP contribution is 2.31. The number of amides is 3. The molecule has 2 fully saturated rings. The van der Waals surface area contributed by atoms with Crippen LogP contribution in [0, 0.1) is 11.6 Å². The maximum atomic E-state index is 14.8. The smallest absolute Gasteiger partial charge is 0.389 e. The van der Waals surface area contributed by atoms with Crippen LogP contribution in [0.15, 0.2) is 30.3 Å². The maximum Gasteiger partial charge on any atom is 0.390 e. The Balaban J connectivity index is 1.40. The third kappa shape index (κ3) is 7.28. The van der Waals surface area contributed by atoms with E-state index in [-0.39, 0.29) is 37.4 Å². The zero-order chi connectivity index (χ0) is 28.3. The van der Waals surface area contributed by atoms with Gasteiger partial charge in [0.25, 0.3) is 5.91 Å². The van der Waals surface area contributed by atoms with Crippen LogP contribution in [0.1, 0.15) is 22.3 Å². The Morgan fingerprint density at radius 2 is 1.72 bits per heavy atom. The number of piperazine rings is 1. The summed E-state index contributed by atoms with van der Waals surface area (Å²) >= 11 is 6.14. The predicted octanol–water partition coefficient (Wildman–Crippen LogP) is 3.83. The molecule has 14 heteroatoms. The number of carbonyl (C=O) groups excluding carboxylic acids is 2. The highest BCUT2D eigenvalue weighted by Gasteiger charge is 2.30. The van der Waals surface area contributed by atoms with E-state index in [2.05, 4.69) is 10.6 Å². The van der Waals surface area contributed by atoms with Crippen LogP contribution >= 0.6 is 11.6 Å². The van der Waals surface area contributed by atoms with E-state index < -0.39 is 47.8 Å². The monoisotopic (exact) mass is 575 g/mol. The highest BCUT2D eigenvalue weighted by molar-refractivity contribution is 6.31. The molecule has 3 amide bonds. The second-order valence-corrected chi connectivity index (χ2v) is 9.86. The third-order valence-corrected chi connectivity index (χ3v) is 6.85.